The Balaban J connectivity index is 1.37. The smallest absolute Gasteiger partial charge is 0.326 e. The van der Waals surface area contributed by atoms with Crippen LogP contribution in [0.1, 0.15) is 11.1 Å². The number of amides is 2. The van der Waals surface area contributed by atoms with Crippen LogP contribution in [0.25, 0.3) is 10.6 Å². The molecule has 0 saturated carbocycles. The number of thiazole rings is 1. The number of urea groups is 1. The maximum absolute atomic E-state index is 13.2. The van der Waals surface area contributed by atoms with Gasteiger partial charge in [0.25, 0.3) is 0 Å². The fourth-order valence-corrected chi connectivity index (χ4v) is 5.33. The van der Waals surface area contributed by atoms with Crippen molar-refractivity contribution in [2.45, 2.75) is 13.3 Å². The number of nitrogens with one attached hydrogen (secondary N) is 1. The van der Waals surface area contributed by atoms with E-state index in [9.17, 15) is 4.79 Å². The number of hydrogen-bond acceptors (Lipinski definition) is 6. The third-order valence-electron chi connectivity index (χ3n) is 6.51. The number of hydrogen-bond donors (Lipinski definition) is 1. The lowest BCUT2D eigenvalue weighted by Crippen LogP contribution is -2.44. The van der Waals surface area contributed by atoms with Crippen molar-refractivity contribution >= 4 is 34.4 Å². The van der Waals surface area contributed by atoms with Gasteiger partial charge in [0.1, 0.15) is 10.8 Å². The van der Waals surface area contributed by atoms with Gasteiger partial charge in [0.2, 0.25) is 0 Å². The Morgan fingerprint density at radius 1 is 1.09 bits per heavy atom. The molecule has 33 heavy (non-hydrogen) atoms. The molecule has 2 amide bonds. The Hall–Kier alpha value is -3.10. The van der Waals surface area contributed by atoms with Gasteiger partial charge in [0.15, 0.2) is 0 Å². The predicted molar refractivity (Wildman–Crippen MR) is 135 cm³/mol. The zero-order valence-electron chi connectivity index (χ0n) is 19.3. The van der Waals surface area contributed by atoms with Crippen molar-refractivity contribution in [1.29, 1.82) is 0 Å². The van der Waals surface area contributed by atoms with Gasteiger partial charge in [-0.25, -0.2) is 9.78 Å². The standard InChI is InChI=1S/C25H29N5O2S/c1-17-14-19(4-5-20(17)24-26-7-13-33-24)27-25(31)30-8-6-18-15-23(32-3)22(16-21(18)30)29-11-9-28(2)10-12-29/h4-5,7,13-16H,6,8-12H2,1-3H3,(H,27,31). The molecule has 1 aromatic heterocycles. The van der Waals surface area contributed by atoms with E-state index in [1.807, 2.05) is 41.6 Å². The number of likely N-dealkylation sites (N-methyl/N-ethyl adjacent to an activating group) is 1. The summed E-state index contributed by atoms with van der Waals surface area (Å²) < 4.78 is 5.72. The van der Waals surface area contributed by atoms with E-state index < -0.39 is 0 Å². The third kappa shape index (κ3) is 4.28. The number of nitrogens with zero attached hydrogens (tertiary/aromatic N) is 4. The quantitative estimate of drug-likeness (QED) is 0.619. The molecule has 1 fully saturated rings. The van der Waals surface area contributed by atoms with E-state index in [2.05, 4.69) is 39.3 Å². The lowest BCUT2D eigenvalue weighted by molar-refractivity contribution is 0.257. The van der Waals surface area contributed by atoms with E-state index in [1.165, 1.54) is 0 Å². The van der Waals surface area contributed by atoms with Gasteiger partial charge in [-0.3, -0.25) is 4.90 Å². The molecule has 3 heterocycles. The van der Waals surface area contributed by atoms with Gasteiger partial charge in [-0.05, 0) is 61.9 Å². The number of carbonyl (C=O) groups excluding carboxylic acids is 1. The minimum atomic E-state index is -0.107. The first-order valence-electron chi connectivity index (χ1n) is 11.3. The van der Waals surface area contributed by atoms with E-state index in [4.69, 9.17) is 4.74 Å². The maximum atomic E-state index is 13.2. The molecule has 1 saturated heterocycles. The molecule has 7 nitrogen and oxygen atoms in total. The first kappa shape index (κ1) is 21.7. The van der Waals surface area contributed by atoms with Gasteiger partial charge in [0.05, 0.1) is 18.5 Å². The Bertz CT molecular complexity index is 1160. The Morgan fingerprint density at radius 3 is 2.61 bits per heavy atom. The van der Waals surface area contributed by atoms with Crippen molar-refractivity contribution in [3.63, 3.8) is 0 Å². The molecule has 172 valence electrons. The zero-order chi connectivity index (χ0) is 22.9. The van der Waals surface area contributed by atoms with E-state index in [-0.39, 0.29) is 6.03 Å². The minimum Gasteiger partial charge on any atom is -0.495 e. The highest BCUT2D eigenvalue weighted by Crippen LogP contribution is 2.40. The molecule has 0 aliphatic carbocycles. The number of piperazine rings is 1. The second-order valence-electron chi connectivity index (χ2n) is 8.64. The molecule has 2 aliphatic heterocycles. The van der Waals surface area contributed by atoms with Crippen molar-refractivity contribution in [1.82, 2.24) is 9.88 Å². The van der Waals surface area contributed by atoms with Crippen LogP contribution in [0.2, 0.25) is 0 Å². The molecule has 0 unspecified atom stereocenters. The molecular formula is C25H29N5O2S. The summed E-state index contributed by atoms with van der Waals surface area (Å²) in [5.41, 5.74) is 6.16. The minimum absolute atomic E-state index is 0.107. The van der Waals surface area contributed by atoms with E-state index in [1.54, 1.807) is 18.4 Å². The zero-order valence-corrected chi connectivity index (χ0v) is 20.1. The van der Waals surface area contributed by atoms with Crippen molar-refractivity contribution in [2.75, 3.05) is 62.0 Å². The van der Waals surface area contributed by atoms with E-state index in [0.29, 0.717) is 6.54 Å². The highest BCUT2D eigenvalue weighted by atomic mass is 32.1. The summed E-state index contributed by atoms with van der Waals surface area (Å²) in [5.74, 6) is 0.883. The van der Waals surface area contributed by atoms with Crippen LogP contribution >= 0.6 is 11.3 Å². The number of methoxy groups -OCH3 is 1. The molecule has 5 rings (SSSR count). The van der Waals surface area contributed by atoms with E-state index in [0.717, 1.165) is 77.1 Å². The van der Waals surface area contributed by atoms with Crippen LogP contribution in [0.4, 0.5) is 21.9 Å². The molecule has 0 spiro atoms. The summed E-state index contributed by atoms with van der Waals surface area (Å²) in [6.45, 7) is 6.63. The predicted octanol–water partition coefficient (Wildman–Crippen LogP) is 4.47. The summed E-state index contributed by atoms with van der Waals surface area (Å²) >= 11 is 1.62. The van der Waals surface area contributed by atoms with Crippen molar-refractivity contribution < 1.29 is 9.53 Å². The maximum Gasteiger partial charge on any atom is 0.326 e. The van der Waals surface area contributed by atoms with Crippen LogP contribution in [-0.2, 0) is 6.42 Å². The molecule has 3 aromatic rings. The average Bonchev–Trinajstić information content (AvgIpc) is 3.49. The Morgan fingerprint density at radius 2 is 1.91 bits per heavy atom. The van der Waals surface area contributed by atoms with Crippen LogP contribution in [0.15, 0.2) is 41.9 Å². The van der Waals surface area contributed by atoms with Crippen LogP contribution in [0.5, 0.6) is 5.75 Å². The molecule has 0 atom stereocenters. The topological polar surface area (TPSA) is 60.9 Å². The molecule has 0 radical (unpaired) electrons. The second-order valence-corrected chi connectivity index (χ2v) is 9.54. The molecular weight excluding hydrogens is 434 g/mol. The normalized spacial score (nSPS) is 16.1. The first-order valence-corrected chi connectivity index (χ1v) is 12.1. The molecule has 1 N–H and O–H groups in total. The largest absolute Gasteiger partial charge is 0.495 e. The van der Waals surface area contributed by atoms with Gasteiger partial charge in [-0.2, -0.15) is 0 Å². The number of aromatic nitrogens is 1. The van der Waals surface area contributed by atoms with Crippen LogP contribution < -0.4 is 19.9 Å². The van der Waals surface area contributed by atoms with Crippen LogP contribution in [0.3, 0.4) is 0 Å². The van der Waals surface area contributed by atoms with Gasteiger partial charge in [-0.15, -0.1) is 11.3 Å². The highest BCUT2D eigenvalue weighted by Gasteiger charge is 2.28. The summed E-state index contributed by atoms with van der Waals surface area (Å²) in [7, 11) is 3.87. The van der Waals surface area contributed by atoms with Gasteiger partial charge >= 0.3 is 6.03 Å². The fraction of sp³-hybridized carbons (Fsp3) is 0.360. The Labute approximate surface area is 198 Å². The summed E-state index contributed by atoms with van der Waals surface area (Å²) in [6, 6.07) is 10.1. The van der Waals surface area contributed by atoms with Gasteiger partial charge < -0.3 is 19.9 Å². The number of carbonyl (C=O) groups is 1. The molecule has 8 heteroatoms. The summed E-state index contributed by atoms with van der Waals surface area (Å²) in [4.78, 5) is 24.2. The first-order chi connectivity index (χ1) is 16.0. The van der Waals surface area contributed by atoms with Crippen molar-refractivity contribution in [3.05, 3.63) is 53.0 Å². The second kappa shape index (κ2) is 9.03. The van der Waals surface area contributed by atoms with Crippen LogP contribution in [-0.4, -0.2) is 62.8 Å². The number of benzene rings is 2. The SMILES string of the molecule is COc1cc2c(cc1N1CCN(C)CC1)N(C(=O)Nc1ccc(-c3nccs3)c(C)c1)CC2. The average molecular weight is 464 g/mol. The summed E-state index contributed by atoms with van der Waals surface area (Å²) in [5, 5.41) is 6.05. The van der Waals surface area contributed by atoms with Crippen molar-refractivity contribution in [2.24, 2.45) is 0 Å². The number of anilines is 3. The molecule has 0 bridgehead atoms. The van der Waals surface area contributed by atoms with Crippen molar-refractivity contribution in [3.8, 4) is 16.3 Å². The Kier molecular flexibility index (Phi) is 5.95. The van der Waals surface area contributed by atoms with E-state index >= 15 is 0 Å². The lowest BCUT2D eigenvalue weighted by atomic mass is 10.1. The van der Waals surface area contributed by atoms with Gasteiger partial charge in [0, 0.05) is 55.6 Å². The highest BCUT2D eigenvalue weighted by molar-refractivity contribution is 7.13. The molecule has 2 aromatic carbocycles. The number of ether oxygens (including phenoxy) is 1. The number of fused-ring (bicyclic) bond motifs is 1. The third-order valence-corrected chi connectivity index (χ3v) is 7.31. The van der Waals surface area contributed by atoms with Gasteiger partial charge in [-0.1, -0.05) is 0 Å². The number of rotatable bonds is 4. The lowest BCUT2D eigenvalue weighted by Gasteiger charge is -2.35. The summed E-state index contributed by atoms with van der Waals surface area (Å²) in [6.07, 6.45) is 2.63. The monoisotopic (exact) mass is 463 g/mol. The number of aryl methyl sites for hydroxylation is 1. The fourth-order valence-electron chi connectivity index (χ4n) is 4.60. The van der Waals surface area contributed by atoms with Crippen LogP contribution in [0, 0.1) is 6.92 Å². The molecule has 2 aliphatic rings.